The Hall–Kier alpha value is -1.60. The molecule has 0 bridgehead atoms. The van der Waals surface area contributed by atoms with Crippen molar-refractivity contribution in [3.8, 4) is 0 Å². The average Bonchev–Trinajstić information content (AvgIpc) is 3.24. The lowest BCUT2D eigenvalue weighted by atomic mass is 10.2. The maximum atomic E-state index is 4.41. The second-order valence-corrected chi connectivity index (χ2v) is 7.31. The number of nitrogens with one attached hydrogen (secondary N) is 1. The van der Waals surface area contributed by atoms with Crippen LogP contribution in [0.2, 0.25) is 0 Å². The Kier molecular flexibility index (Phi) is 3.52. The molecule has 4 rings (SSSR count). The molecular weight excluding hydrogens is 302 g/mol. The minimum absolute atomic E-state index is 0.465. The third-order valence-electron chi connectivity index (χ3n) is 3.58. The number of thioether (sulfide) groups is 1. The second kappa shape index (κ2) is 5.65. The number of fused-ring (bicyclic) bond motifs is 1. The van der Waals surface area contributed by atoms with Gasteiger partial charge in [-0.15, -0.1) is 21.5 Å². The fraction of sp³-hybridized carbons (Fsp3) is 0.357. The van der Waals surface area contributed by atoms with Crippen LogP contribution in [0.1, 0.15) is 28.8 Å². The zero-order chi connectivity index (χ0) is 14.1. The van der Waals surface area contributed by atoms with Crippen molar-refractivity contribution in [2.24, 2.45) is 0 Å². The lowest BCUT2D eigenvalue weighted by Gasteiger charge is -2.08. The second-order valence-electron chi connectivity index (χ2n) is 4.96. The van der Waals surface area contributed by atoms with Crippen LogP contribution in [-0.4, -0.2) is 25.3 Å². The van der Waals surface area contributed by atoms with E-state index in [4.69, 9.17) is 0 Å². The Morgan fingerprint density at radius 3 is 3.19 bits per heavy atom. The van der Waals surface area contributed by atoms with Crippen molar-refractivity contribution in [1.82, 2.24) is 19.6 Å². The fourth-order valence-corrected chi connectivity index (χ4v) is 4.46. The fourth-order valence-electron chi connectivity index (χ4n) is 2.55. The molecule has 0 aromatic carbocycles. The van der Waals surface area contributed by atoms with Gasteiger partial charge in [-0.1, -0.05) is 6.07 Å². The molecule has 1 aliphatic rings. The minimum Gasteiger partial charge on any atom is -0.362 e. The van der Waals surface area contributed by atoms with E-state index >= 15 is 0 Å². The molecule has 5 nitrogen and oxygen atoms in total. The molecule has 0 radical (unpaired) electrons. The molecule has 1 fully saturated rings. The molecule has 4 heterocycles. The third kappa shape index (κ3) is 2.51. The van der Waals surface area contributed by atoms with Crippen molar-refractivity contribution in [3.05, 3.63) is 40.6 Å². The molecule has 0 saturated carbocycles. The lowest BCUT2D eigenvalue weighted by Crippen LogP contribution is -2.04. The first-order valence-corrected chi connectivity index (χ1v) is 8.92. The van der Waals surface area contributed by atoms with E-state index in [0.29, 0.717) is 5.25 Å². The van der Waals surface area contributed by atoms with Crippen LogP contribution < -0.4 is 5.32 Å². The van der Waals surface area contributed by atoms with Crippen LogP contribution in [0.4, 0.5) is 5.82 Å². The van der Waals surface area contributed by atoms with Crippen molar-refractivity contribution >= 4 is 34.6 Å². The SMILES string of the molecule is c1csc(CNc2nccn3c([C@@H]4CCCS4)nnc23)c1. The number of nitrogens with zero attached hydrogens (tertiary/aromatic N) is 4. The van der Waals surface area contributed by atoms with Gasteiger partial charge in [0, 0.05) is 17.3 Å². The van der Waals surface area contributed by atoms with E-state index in [2.05, 4.69) is 42.4 Å². The molecule has 3 aromatic heterocycles. The van der Waals surface area contributed by atoms with Gasteiger partial charge in [0.2, 0.25) is 5.65 Å². The number of aromatic nitrogens is 4. The van der Waals surface area contributed by atoms with E-state index in [1.54, 1.807) is 11.3 Å². The predicted molar refractivity (Wildman–Crippen MR) is 86.9 cm³/mol. The molecule has 0 spiro atoms. The van der Waals surface area contributed by atoms with Crippen molar-refractivity contribution < 1.29 is 0 Å². The molecule has 0 amide bonds. The van der Waals surface area contributed by atoms with Gasteiger partial charge in [-0.3, -0.25) is 4.40 Å². The van der Waals surface area contributed by atoms with E-state index in [9.17, 15) is 0 Å². The Morgan fingerprint density at radius 1 is 1.38 bits per heavy atom. The van der Waals surface area contributed by atoms with Crippen LogP contribution in [0, 0.1) is 0 Å². The molecule has 1 saturated heterocycles. The standard InChI is InChI=1S/C14H15N5S2/c1-3-10(20-7-1)9-16-12-14-18-17-13(11-4-2-8-21-11)19(14)6-5-15-12/h1,3,5-7,11H,2,4,8-9H2,(H,15,16)/t11-/m0/s1. The van der Waals surface area contributed by atoms with Gasteiger partial charge >= 0.3 is 0 Å². The predicted octanol–water partition coefficient (Wildman–Crippen LogP) is 3.37. The van der Waals surface area contributed by atoms with Crippen LogP contribution in [-0.2, 0) is 6.54 Å². The van der Waals surface area contributed by atoms with Gasteiger partial charge in [0.05, 0.1) is 11.8 Å². The molecule has 1 N–H and O–H groups in total. The Labute approximate surface area is 130 Å². The van der Waals surface area contributed by atoms with Crippen LogP contribution >= 0.6 is 23.1 Å². The van der Waals surface area contributed by atoms with Crippen molar-refractivity contribution in [1.29, 1.82) is 0 Å². The van der Waals surface area contributed by atoms with Crippen LogP contribution in [0.3, 0.4) is 0 Å². The largest absolute Gasteiger partial charge is 0.362 e. The molecule has 1 aliphatic heterocycles. The molecule has 0 unspecified atom stereocenters. The first kappa shape index (κ1) is 13.1. The maximum Gasteiger partial charge on any atom is 0.203 e. The third-order valence-corrected chi connectivity index (χ3v) is 5.83. The number of hydrogen-bond acceptors (Lipinski definition) is 6. The summed E-state index contributed by atoms with van der Waals surface area (Å²) in [6.45, 7) is 0.769. The number of thiophene rings is 1. The van der Waals surface area contributed by atoms with Crippen LogP contribution in [0.15, 0.2) is 29.9 Å². The number of anilines is 1. The number of rotatable bonds is 4. The Morgan fingerprint density at radius 2 is 2.38 bits per heavy atom. The highest BCUT2D eigenvalue weighted by Crippen LogP contribution is 2.39. The van der Waals surface area contributed by atoms with Gasteiger partial charge in [-0.2, -0.15) is 11.8 Å². The first-order chi connectivity index (χ1) is 10.4. The summed E-state index contributed by atoms with van der Waals surface area (Å²) in [4.78, 5) is 5.69. The topological polar surface area (TPSA) is 55.1 Å². The summed E-state index contributed by atoms with van der Waals surface area (Å²) in [6.07, 6.45) is 6.22. The highest BCUT2D eigenvalue weighted by atomic mass is 32.2. The van der Waals surface area contributed by atoms with Gasteiger partial charge in [0.1, 0.15) is 0 Å². The zero-order valence-electron chi connectivity index (χ0n) is 11.4. The summed E-state index contributed by atoms with van der Waals surface area (Å²) in [5.41, 5.74) is 0.816. The smallest absolute Gasteiger partial charge is 0.203 e. The van der Waals surface area contributed by atoms with Crippen LogP contribution in [0.5, 0.6) is 0 Å². The summed E-state index contributed by atoms with van der Waals surface area (Å²) < 4.78 is 2.08. The van der Waals surface area contributed by atoms with E-state index in [0.717, 1.165) is 23.8 Å². The minimum atomic E-state index is 0.465. The molecule has 21 heavy (non-hydrogen) atoms. The Bertz CT molecular complexity index is 731. The first-order valence-electron chi connectivity index (χ1n) is 6.99. The van der Waals surface area contributed by atoms with Gasteiger partial charge < -0.3 is 5.32 Å². The average molecular weight is 317 g/mol. The quantitative estimate of drug-likeness (QED) is 0.799. The van der Waals surface area contributed by atoms with Crippen molar-refractivity contribution in [3.63, 3.8) is 0 Å². The van der Waals surface area contributed by atoms with Gasteiger partial charge in [0.15, 0.2) is 11.6 Å². The molecule has 3 aromatic rings. The molecule has 108 valence electrons. The highest BCUT2D eigenvalue weighted by molar-refractivity contribution is 7.99. The normalized spacial score (nSPS) is 18.4. The van der Waals surface area contributed by atoms with E-state index in [1.165, 1.54) is 23.5 Å². The maximum absolute atomic E-state index is 4.41. The monoisotopic (exact) mass is 317 g/mol. The highest BCUT2D eigenvalue weighted by Gasteiger charge is 2.23. The summed E-state index contributed by atoms with van der Waals surface area (Å²) in [6, 6.07) is 4.17. The van der Waals surface area contributed by atoms with Gasteiger partial charge in [-0.25, -0.2) is 4.98 Å². The summed E-state index contributed by atoms with van der Waals surface area (Å²) >= 11 is 3.71. The van der Waals surface area contributed by atoms with Crippen molar-refractivity contribution in [2.75, 3.05) is 11.1 Å². The molecule has 7 heteroatoms. The summed E-state index contributed by atoms with van der Waals surface area (Å²) in [7, 11) is 0. The van der Waals surface area contributed by atoms with E-state index < -0.39 is 0 Å². The Balaban J connectivity index is 1.63. The molecular formula is C14H15N5S2. The summed E-state index contributed by atoms with van der Waals surface area (Å²) in [5, 5.41) is 14.6. The number of hydrogen-bond donors (Lipinski definition) is 1. The van der Waals surface area contributed by atoms with Crippen molar-refractivity contribution in [2.45, 2.75) is 24.6 Å². The summed E-state index contributed by atoms with van der Waals surface area (Å²) in [5.74, 6) is 3.07. The van der Waals surface area contributed by atoms with Crippen LogP contribution in [0.25, 0.3) is 5.65 Å². The van der Waals surface area contributed by atoms with Gasteiger partial charge in [-0.05, 0) is 30.0 Å². The van der Waals surface area contributed by atoms with E-state index in [-0.39, 0.29) is 0 Å². The lowest BCUT2D eigenvalue weighted by molar-refractivity contribution is 0.765. The zero-order valence-corrected chi connectivity index (χ0v) is 13.0. The molecule has 1 atom stereocenters. The van der Waals surface area contributed by atoms with E-state index in [1.807, 2.05) is 24.2 Å². The molecule has 0 aliphatic carbocycles. The van der Waals surface area contributed by atoms with Gasteiger partial charge in [0.25, 0.3) is 0 Å².